The Labute approximate surface area is 116 Å². The first-order chi connectivity index (χ1) is 9.11. The predicted octanol–water partition coefficient (Wildman–Crippen LogP) is 2.50. The summed E-state index contributed by atoms with van der Waals surface area (Å²) in [7, 11) is 0. The van der Waals surface area contributed by atoms with Crippen LogP contribution in [0.1, 0.15) is 31.4 Å². The highest BCUT2D eigenvalue weighted by atomic mass is 16.5. The minimum absolute atomic E-state index is 0.219. The van der Waals surface area contributed by atoms with E-state index in [0.29, 0.717) is 6.04 Å². The lowest BCUT2D eigenvalue weighted by Crippen LogP contribution is -2.45. The Balaban J connectivity index is 2.18. The maximum absolute atomic E-state index is 5.89. The Bertz CT molecular complexity index is 417. The second-order valence-electron chi connectivity index (χ2n) is 5.62. The Hall–Kier alpha value is -1.06. The highest BCUT2D eigenvalue weighted by molar-refractivity contribution is 5.52. The third kappa shape index (κ3) is 3.48. The SMILES string of the molecule is CCC1COCCN1c1ccc(CC(C)N)c(C)c1. The molecule has 1 aliphatic heterocycles. The molecule has 1 heterocycles. The quantitative estimate of drug-likeness (QED) is 0.906. The summed E-state index contributed by atoms with van der Waals surface area (Å²) in [6.07, 6.45) is 2.08. The van der Waals surface area contributed by atoms with Gasteiger partial charge in [0.2, 0.25) is 0 Å². The van der Waals surface area contributed by atoms with Gasteiger partial charge in [-0.15, -0.1) is 0 Å². The minimum atomic E-state index is 0.219. The van der Waals surface area contributed by atoms with Crippen LogP contribution in [0.2, 0.25) is 0 Å². The number of aryl methyl sites for hydroxylation is 1. The zero-order valence-corrected chi connectivity index (χ0v) is 12.4. The van der Waals surface area contributed by atoms with Gasteiger partial charge in [0, 0.05) is 18.3 Å². The molecule has 1 aliphatic rings. The van der Waals surface area contributed by atoms with Gasteiger partial charge in [0.15, 0.2) is 0 Å². The van der Waals surface area contributed by atoms with Gasteiger partial charge in [-0.25, -0.2) is 0 Å². The number of morpholine rings is 1. The first-order valence-electron chi connectivity index (χ1n) is 7.31. The van der Waals surface area contributed by atoms with Crippen molar-refractivity contribution in [3.05, 3.63) is 29.3 Å². The molecule has 1 aromatic carbocycles. The third-order valence-corrected chi connectivity index (χ3v) is 3.90. The van der Waals surface area contributed by atoms with Crippen LogP contribution in [0.25, 0.3) is 0 Å². The Morgan fingerprint density at radius 1 is 1.47 bits per heavy atom. The molecule has 1 aromatic rings. The van der Waals surface area contributed by atoms with Crippen LogP contribution in [0.3, 0.4) is 0 Å². The Morgan fingerprint density at radius 3 is 2.89 bits per heavy atom. The lowest BCUT2D eigenvalue weighted by atomic mass is 10.0. The van der Waals surface area contributed by atoms with E-state index in [-0.39, 0.29) is 6.04 Å². The van der Waals surface area contributed by atoms with E-state index < -0.39 is 0 Å². The van der Waals surface area contributed by atoms with Crippen LogP contribution in [0, 0.1) is 6.92 Å². The number of anilines is 1. The van der Waals surface area contributed by atoms with E-state index in [4.69, 9.17) is 10.5 Å². The van der Waals surface area contributed by atoms with Crippen molar-refractivity contribution in [3.63, 3.8) is 0 Å². The number of hydrogen-bond acceptors (Lipinski definition) is 3. The monoisotopic (exact) mass is 262 g/mol. The molecular formula is C16H26N2O. The van der Waals surface area contributed by atoms with Crippen molar-refractivity contribution in [1.82, 2.24) is 0 Å². The van der Waals surface area contributed by atoms with Gasteiger partial charge in [-0.3, -0.25) is 0 Å². The van der Waals surface area contributed by atoms with Crippen molar-refractivity contribution >= 4 is 5.69 Å². The van der Waals surface area contributed by atoms with E-state index in [1.807, 2.05) is 0 Å². The molecule has 1 saturated heterocycles. The van der Waals surface area contributed by atoms with E-state index in [2.05, 4.69) is 43.9 Å². The molecule has 0 amide bonds. The fourth-order valence-corrected chi connectivity index (χ4v) is 2.77. The lowest BCUT2D eigenvalue weighted by Gasteiger charge is -2.37. The highest BCUT2D eigenvalue weighted by Gasteiger charge is 2.21. The van der Waals surface area contributed by atoms with Crippen molar-refractivity contribution in [2.45, 2.75) is 45.7 Å². The molecule has 2 unspecified atom stereocenters. The summed E-state index contributed by atoms with van der Waals surface area (Å²) >= 11 is 0. The Kier molecular flexibility index (Phi) is 4.83. The molecule has 0 aromatic heterocycles. The fourth-order valence-electron chi connectivity index (χ4n) is 2.77. The lowest BCUT2D eigenvalue weighted by molar-refractivity contribution is 0.0930. The van der Waals surface area contributed by atoms with Gasteiger partial charge in [0.25, 0.3) is 0 Å². The molecule has 106 valence electrons. The summed E-state index contributed by atoms with van der Waals surface area (Å²) in [5.74, 6) is 0. The number of hydrogen-bond donors (Lipinski definition) is 1. The molecule has 19 heavy (non-hydrogen) atoms. The van der Waals surface area contributed by atoms with E-state index in [9.17, 15) is 0 Å². The van der Waals surface area contributed by atoms with Crippen LogP contribution in [0.5, 0.6) is 0 Å². The molecule has 0 bridgehead atoms. The smallest absolute Gasteiger partial charge is 0.0670 e. The largest absolute Gasteiger partial charge is 0.377 e. The second-order valence-corrected chi connectivity index (χ2v) is 5.62. The first kappa shape index (κ1) is 14.4. The summed E-state index contributed by atoms with van der Waals surface area (Å²) < 4.78 is 5.57. The predicted molar refractivity (Wildman–Crippen MR) is 80.8 cm³/mol. The standard InChI is InChI=1S/C16H26N2O/c1-4-15-11-19-8-7-18(15)16-6-5-14(10-13(3)17)12(2)9-16/h5-6,9,13,15H,4,7-8,10-11,17H2,1-3H3. The number of ether oxygens (including phenoxy) is 1. The van der Waals surface area contributed by atoms with Gasteiger partial charge in [0.05, 0.1) is 19.3 Å². The zero-order valence-electron chi connectivity index (χ0n) is 12.4. The van der Waals surface area contributed by atoms with E-state index in [1.165, 1.54) is 16.8 Å². The normalized spacial score (nSPS) is 21.5. The van der Waals surface area contributed by atoms with E-state index in [0.717, 1.165) is 32.6 Å². The van der Waals surface area contributed by atoms with Gasteiger partial charge in [-0.1, -0.05) is 13.0 Å². The van der Waals surface area contributed by atoms with Crippen molar-refractivity contribution in [3.8, 4) is 0 Å². The molecule has 2 rings (SSSR count). The van der Waals surface area contributed by atoms with Crippen LogP contribution < -0.4 is 10.6 Å². The first-order valence-corrected chi connectivity index (χ1v) is 7.31. The van der Waals surface area contributed by atoms with Crippen molar-refractivity contribution < 1.29 is 4.74 Å². The van der Waals surface area contributed by atoms with Gasteiger partial charge >= 0.3 is 0 Å². The summed E-state index contributed by atoms with van der Waals surface area (Å²) in [6.45, 7) is 9.13. The molecule has 0 saturated carbocycles. The highest BCUT2D eigenvalue weighted by Crippen LogP contribution is 2.24. The van der Waals surface area contributed by atoms with Gasteiger partial charge in [-0.05, 0) is 49.9 Å². The maximum atomic E-state index is 5.89. The fraction of sp³-hybridized carbons (Fsp3) is 0.625. The number of nitrogens with zero attached hydrogens (tertiary/aromatic N) is 1. The summed E-state index contributed by atoms with van der Waals surface area (Å²) in [5, 5.41) is 0. The molecule has 0 radical (unpaired) electrons. The van der Waals surface area contributed by atoms with Gasteiger partial charge < -0.3 is 15.4 Å². The molecular weight excluding hydrogens is 236 g/mol. The Morgan fingerprint density at radius 2 is 2.26 bits per heavy atom. The summed E-state index contributed by atoms with van der Waals surface area (Å²) in [6, 6.07) is 7.49. The molecule has 3 heteroatoms. The third-order valence-electron chi connectivity index (χ3n) is 3.90. The van der Waals surface area contributed by atoms with Gasteiger partial charge in [-0.2, -0.15) is 0 Å². The van der Waals surface area contributed by atoms with Crippen LogP contribution in [-0.2, 0) is 11.2 Å². The summed E-state index contributed by atoms with van der Waals surface area (Å²) in [5.41, 5.74) is 9.92. The number of nitrogens with two attached hydrogens (primary N) is 1. The zero-order chi connectivity index (χ0) is 13.8. The molecule has 3 nitrogen and oxygen atoms in total. The van der Waals surface area contributed by atoms with Crippen LogP contribution in [-0.4, -0.2) is 31.8 Å². The average molecular weight is 262 g/mol. The van der Waals surface area contributed by atoms with E-state index >= 15 is 0 Å². The molecule has 2 N–H and O–H groups in total. The molecule has 0 aliphatic carbocycles. The molecule has 2 atom stereocenters. The summed E-state index contributed by atoms with van der Waals surface area (Å²) in [4.78, 5) is 2.48. The topological polar surface area (TPSA) is 38.5 Å². The second kappa shape index (κ2) is 6.40. The maximum Gasteiger partial charge on any atom is 0.0670 e. The number of rotatable bonds is 4. The number of benzene rings is 1. The molecule has 0 spiro atoms. The average Bonchev–Trinajstić information content (AvgIpc) is 2.40. The van der Waals surface area contributed by atoms with Crippen molar-refractivity contribution in [2.24, 2.45) is 5.73 Å². The van der Waals surface area contributed by atoms with Crippen molar-refractivity contribution in [2.75, 3.05) is 24.7 Å². The van der Waals surface area contributed by atoms with Crippen molar-refractivity contribution in [1.29, 1.82) is 0 Å². The van der Waals surface area contributed by atoms with Gasteiger partial charge in [0.1, 0.15) is 0 Å². The van der Waals surface area contributed by atoms with Crippen LogP contribution in [0.4, 0.5) is 5.69 Å². The van der Waals surface area contributed by atoms with Crippen LogP contribution >= 0.6 is 0 Å². The minimum Gasteiger partial charge on any atom is -0.377 e. The molecule has 1 fully saturated rings. The van der Waals surface area contributed by atoms with E-state index in [1.54, 1.807) is 0 Å². The van der Waals surface area contributed by atoms with Crippen LogP contribution in [0.15, 0.2) is 18.2 Å².